The van der Waals surface area contributed by atoms with E-state index < -0.39 is 6.23 Å². The van der Waals surface area contributed by atoms with Crippen molar-refractivity contribution in [3.63, 3.8) is 0 Å². The van der Waals surface area contributed by atoms with Gasteiger partial charge < -0.3 is 15.4 Å². The lowest BCUT2D eigenvalue weighted by molar-refractivity contribution is 0.177. The summed E-state index contributed by atoms with van der Waals surface area (Å²) in [7, 11) is 0. The molecule has 0 spiro atoms. The van der Waals surface area contributed by atoms with Crippen LogP contribution in [0.15, 0.2) is 53.0 Å². The maximum absolute atomic E-state index is 11.9. The van der Waals surface area contributed by atoms with E-state index in [0.29, 0.717) is 12.5 Å². The van der Waals surface area contributed by atoms with Gasteiger partial charge in [0.1, 0.15) is 5.75 Å². The van der Waals surface area contributed by atoms with Gasteiger partial charge in [-0.2, -0.15) is 0 Å². The van der Waals surface area contributed by atoms with E-state index >= 15 is 0 Å². The molecular formula is C20H25BrN2O2. The Hall–Kier alpha value is -2.01. The van der Waals surface area contributed by atoms with Gasteiger partial charge in [0, 0.05) is 11.0 Å². The normalized spacial score (nSPS) is 11.9. The van der Waals surface area contributed by atoms with Crippen molar-refractivity contribution in [1.29, 1.82) is 0 Å². The van der Waals surface area contributed by atoms with E-state index in [-0.39, 0.29) is 6.03 Å². The van der Waals surface area contributed by atoms with E-state index in [2.05, 4.69) is 40.4 Å². The first-order valence-corrected chi connectivity index (χ1v) is 9.29. The van der Waals surface area contributed by atoms with Gasteiger partial charge in [-0.1, -0.05) is 60.1 Å². The van der Waals surface area contributed by atoms with Crippen LogP contribution in [-0.4, -0.2) is 18.8 Å². The van der Waals surface area contributed by atoms with Gasteiger partial charge in [-0.15, -0.1) is 0 Å². The van der Waals surface area contributed by atoms with E-state index in [4.69, 9.17) is 4.74 Å². The third kappa shape index (κ3) is 6.42. The number of nitrogens with one attached hydrogen (secondary N) is 2. The first kappa shape index (κ1) is 19.3. The zero-order valence-corrected chi connectivity index (χ0v) is 16.5. The van der Waals surface area contributed by atoms with Crippen LogP contribution in [0.5, 0.6) is 5.75 Å². The van der Waals surface area contributed by atoms with E-state index in [1.807, 2.05) is 55.5 Å². The van der Waals surface area contributed by atoms with Gasteiger partial charge in [0.25, 0.3) is 0 Å². The number of hydrogen-bond donors (Lipinski definition) is 2. The topological polar surface area (TPSA) is 50.4 Å². The molecule has 0 aromatic heterocycles. The Morgan fingerprint density at radius 3 is 2.40 bits per heavy atom. The molecule has 25 heavy (non-hydrogen) atoms. The molecule has 1 unspecified atom stereocenters. The lowest BCUT2D eigenvalue weighted by Crippen LogP contribution is -2.43. The Morgan fingerprint density at radius 1 is 1.08 bits per heavy atom. The van der Waals surface area contributed by atoms with E-state index in [0.717, 1.165) is 22.2 Å². The average molecular weight is 405 g/mol. The fourth-order valence-electron chi connectivity index (χ4n) is 2.41. The van der Waals surface area contributed by atoms with Gasteiger partial charge in [-0.3, -0.25) is 0 Å². The predicted molar refractivity (Wildman–Crippen MR) is 105 cm³/mol. The highest BCUT2D eigenvalue weighted by atomic mass is 79.9. The lowest BCUT2D eigenvalue weighted by atomic mass is 10.0. The second-order valence-electron chi connectivity index (χ2n) is 6.23. The van der Waals surface area contributed by atoms with Crippen LogP contribution in [0.2, 0.25) is 0 Å². The average Bonchev–Trinajstić information content (AvgIpc) is 2.57. The minimum Gasteiger partial charge on any atom is -0.471 e. The van der Waals surface area contributed by atoms with E-state index in [1.54, 1.807) is 0 Å². The third-order valence-electron chi connectivity index (χ3n) is 3.83. The summed E-state index contributed by atoms with van der Waals surface area (Å²) in [4.78, 5) is 11.9. The molecule has 5 heteroatoms. The molecule has 0 aliphatic heterocycles. The van der Waals surface area contributed by atoms with Gasteiger partial charge >= 0.3 is 6.03 Å². The number of hydrogen-bond acceptors (Lipinski definition) is 2. The number of halogens is 1. The van der Waals surface area contributed by atoms with Crippen molar-refractivity contribution in [2.24, 2.45) is 0 Å². The Morgan fingerprint density at radius 2 is 1.76 bits per heavy atom. The highest BCUT2D eigenvalue weighted by Crippen LogP contribution is 2.19. The maximum Gasteiger partial charge on any atom is 0.317 e. The molecule has 0 heterocycles. The highest BCUT2D eigenvalue weighted by molar-refractivity contribution is 9.10. The van der Waals surface area contributed by atoms with Crippen LogP contribution in [0.4, 0.5) is 4.79 Å². The largest absolute Gasteiger partial charge is 0.471 e. The fourth-order valence-corrected chi connectivity index (χ4v) is 2.90. The summed E-state index contributed by atoms with van der Waals surface area (Å²) in [6.45, 7) is 6.67. The summed E-state index contributed by atoms with van der Waals surface area (Å²) >= 11 is 3.51. The number of benzene rings is 2. The minimum absolute atomic E-state index is 0.238. The lowest BCUT2D eigenvalue weighted by Gasteiger charge is -2.17. The standard InChI is InChI=1S/C20H25BrN2O2/c1-14(2)16-8-10-18(11-9-16)25-15(3)23-20(24)22-13-12-17-6-4-5-7-19(17)21/h4-11,14-15H,12-13H2,1-3H3,(H2,22,23,24). The summed E-state index contributed by atoms with van der Waals surface area (Å²) in [6.07, 6.45) is 0.356. The van der Waals surface area contributed by atoms with Gasteiger partial charge in [-0.05, 0) is 48.6 Å². The Bertz CT molecular complexity index is 686. The van der Waals surface area contributed by atoms with Gasteiger partial charge in [-0.25, -0.2) is 4.79 Å². The summed E-state index contributed by atoms with van der Waals surface area (Å²) in [5, 5.41) is 5.63. The zero-order valence-electron chi connectivity index (χ0n) is 14.9. The van der Waals surface area contributed by atoms with E-state index in [1.165, 1.54) is 5.56 Å². The van der Waals surface area contributed by atoms with Crippen molar-refractivity contribution < 1.29 is 9.53 Å². The summed E-state index contributed by atoms with van der Waals surface area (Å²) in [5.41, 5.74) is 2.43. The van der Waals surface area contributed by atoms with E-state index in [9.17, 15) is 4.79 Å². The van der Waals surface area contributed by atoms with Crippen LogP contribution in [0.3, 0.4) is 0 Å². The molecule has 0 saturated carbocycles. The number of ether oxygens (including phenoxy) is 1. The van der Waals surface area contributed by atoms with Crippen molar-refractivity contribution in [1.82, 2.24) is 10.6 Å². The van der Waals surface area contributed by atoms with Crippen LogP contribution in [0.25, 0.3) is 0 Å². The summed E-state index contributed by atoms with van der Waals surface area (Å²) in [5.74, 6) is 1.23. The van der Waals surface area contributed by atoms with Crippen molar-refractivity contribution in [2.45, 2.75) is 39.3 Å². The molecule has 0 radical (unpaired) electrons. The number of amides is 2. The molecule has 0 aliphatic carbocycles. The maximum atomic E-state index is 11.9. The summed E-state index contributed by atoms with van der Waals surface area (Å²) < 4.78 is 6.78. The van der Waals surface area contributed by atoms with Crippen molar-refractivity contribution in [3.05, 3.63) is 64.1 Å². The second-order valence-corrected chi connectivity index (χ2v) is 7.08. The van der Waals surface area contributed by atoms with Crippen molar-refractivity contribution in [3.8, 4) is 5.75 Å². The van der Waals surface area contributed by atoms with Crippen LogP contribution >= 0.6 is 15.9 Å². The molecule has 4 nitrogen and oxygen atoms in total. The molecule has 2 aromatic carbocycles. The molecule has 0 aliphatic rings. The second kappa shape index (κ2) is 9.47. The van der Waals surface area contributed by atoms with Gasteiger partial charge in [0.05, 0.1) is 0 Å². The molecule has 2 amide bonds. The minimum atomic E-state index is -0.409. The monoisotopic (exact) mass is 404 g/mol. The smallest absolute Gasteiger partial charge is 0.317 e. The fraction of sp³-hybridized carbons (Fsp3) is 0.350. The Kier molecular flexibility index (Phi) is 7.31. The van der Waals surface area contributed by atoms with Crippen molar-refractivity contribution in [2.75, 3.05) is 6.54 Å². The number of rotatable bonds is 7. The zero-order chi connectivity index (χ0) is 18.2. The molecule has 2 aromatic rings. The van der Waals surface area contributed by atoms with Crippen molar-refractivity contribution >= 4 is 22.0 Å². The van der Waals surface area contributed by atoms with Crippen LogP contribution in [0.1, 0.15) is 37.8 Å². The summed E-state index contributed by atoms with van der Waals surface area (Å²) in [6, 6.07) is 15.7. The quantitative estimate of drug-likeness (QED) is 0.648. The molecular weight excluding hydrogens is 380 g/mol. The predicted octanol–water partition coefficient (Wildman–Crippen LogP) is 4.84. The molecule has 2 N–H and O–H groups in total. The third-order valence-corrected chi connectivity index (χ3v) is 4.61. The first-order chi connectivity index (χ1) is 12.0. The Labute approximate surface area is 158 Å². The van der Waals surface area contributed by atoms with Crippen LogP contribution in [-0.2, 0) is 6.42 Å². The SMILES string of the molecule is CC(NC(=O)NCCc1ccccc1Br)Oc1ccc(C(C)C)cc1. The van der Waals surface area contributed by atoms with Crippen LogP contribution in [0, 0.1) is 0 Å². The van der Waals surface area contributed by atoms with Gasteiger partial charge in [0.2, 0.25) is 0 Å². The number of carbonyl (C=O) groups excluding carboxylic acids is 1. The van der Waals surface area contributed by atoms with Crippen LogP contribution < -0.4 is 15.4 Å². The molecule has 2 rings (SSSR count). The highest BCUT2D eigenvalue weighted by Gasteiger charge is 2.09. The molecule has 0 saturated heterocycles. The number of urea groups is 1. The first-order valence-electron chi connectivity index (χ1n) is 8.50. The molecule has 0 bridgehead atoms. The molecule has 1 atom stereocenters. The number of carbonyl (C=O) groups is 1. The Balaban J connectivity index is 1.73. The molecule has 0 fully saturated rings. The molecule has 134 valence electrons. The van der Waals surface area contributed by atoms with Gasteiger partial charge in [0.15, 0.2) is 6.23 Å².